The number of H-pyrrole nitrogens is 3. The van der Waals surface area contributed by atoms with Crippen LogP contribution in [-0.4, -0.2) is 89.2 Å². The molecule has 3 heterocycles. The number of aromatic carboxylic acids is 1. The monoisotopic (exact) mass is 1650 g/mol. The summed E-state index contributed by atoms with van der Waals surface area (Å²) in [4.78, 5) is 78.5. The number of nitriles is 2. The molecular weight excluding hydrogens is 1610 g/mol. The van der Waals surface area contributed by atoms with Crippen molar-refractivity contribution in [3.05, 3.63) is 199 Å². The van der Waals surface area contributed by atoms with Crippen molar-refractivity contribution < 1.29 is 129 Å². The molecule has 0 aliphatic carbocycles. The van der Waals surface area contributed by atoms with Crippen molar-refractivity contribution in [2.45, 2.75) is 35.1 Å². The second-order valence-corrected chi connectivity index (χ2v) is 18.3. The minimum atomic E-state index is -1.14. The Kier molecular flexibility index (Phi) is 37.4. The first-order valence-electron chi connectivity index (χ1n) is 24.0. The van der Waals surface area contributed by atoms with E-state index in [0.717, 1.165) is 23.6 Å². The molecule has 8 rings (SSSR count). The molecule has 0 aliphatic rings. The van der Waals surface area contributed by atoms with Gasteiger partial charge in [0.1, 0.15) is 58.4 Å². The van der Waals surface area contributed by atoms with Crippen LogP contribution in [0.4, 0.5) is 22.0 Å². The van der Waals surface area contributed by atoms with Gasteiger partial charge < -0.3 is 39.0 Å². The molecule has 0 aliphatic heterocycles. The van der Waals surface area contributed by atoms with Crippen molar-refractivity contribution in [2.75, 3.05) is 33.0 Å². The van der Waals surface area contributed by atoms with E-state index < -0.39 is 47.3 Å². The summed E-state index contributed by atoms with van der Waals surface area (Å²) in [5.74, 6) is -5.55. The summed E-state index contributed by atoms with van der Waals surface area (Å²) in [6.45, 7) is 7.59. The number of fused-ring (bicyclic) bond motifs is 3. The first kappa shape index (κ1) is 80.0. The number of halogens is 8. The molecule has 0 fully saturated rings. The average molecular weight is 1660 g/mol. The quantitative estimate of drug-likeness (QED) is 0.0122. The molecule has 8 aromatic rings. The zero-order valence-corrected chi connectivity index (χ0v) is 56.0. The van der Waals surface area contributed by atoms with Gasteiger partial charge in [-0.1, -0.05) is 39.7 Å². The number of aromatic nitrogens is 3. The molecule has 22 nitrogen and oxygen atoms in total. The molecule has 88 heavy (non-hydrogen) atoms. The van der Waals surface area contributed by atoms with Gasteiger partial charge in [0.05, 0.1) is 66.2 Å². The molecule has 32 heteroatoms. The van der Waals surface area contributed by atoms with E-state index in [-0.39, 0.29) is 121 Å². The number of carbonyl (C=O) groups is 6. The number of carboxylic acids is 1. The molecule has 457 valence electrons. The van der Waals surface area contributed by atoms with Gasteiger partial charge in [-0.2, -0.15) is 10.5 Å². The third kappa shape index (κ3) is 25.4. The van der Waals surface area contributed by atoms with E-state index in [2.05, 4.69) is 87.5 Å². The van der Waals surface area contributed by atoms with Crippen LogP contribution in [0.15, 0.2) is 120 Å². The molecule has 0 amide bonds. The number of carbonyl (C=O) groups excluding carboxylic acids is 5. The fourth-order valence-electron chi connectivity index (χ4n) is 6.54. The Labute approximate surface area is 561 Å². The van der Waals surface area contributed by atoms with Crippen LogP contribution in [0.2, 0.25) is 0 Å². The predicted octanol–water partition coefficient (Wildman–Crippen LogP) is 15.2. The molecule has 4 N–H and O–H groups in total. The van der Waals surface area contributed by atoms with Crippen LogP contribution in [0, 0.1) is 51.7 Å². The molecule has 0 saturated heterocycles. The Morgan fingerprint density at radius 2 is 1.00 bits per heavy atom. The van der Waals surface area contributed by atoms with Gasteiger partial charge in [-0.05, 0) is 167 Å². The maximum atomic E-state index is 13.2. The molecule has 0 saturated carbocycles. The van der Waals surface area contributed by atoms with E-state index in [1.54, 1.807) is 33.8 Å². The van der Waals surface area contributed by atoms with Crippen LogP contribution in [0.25, 0.3) is 59.7 Å². The van der Waals surface area contributed by atoms with Crippen molar-refractivity contribution in [1.82, 2.24) is 15.0 Å². The number of benzene rings is 5. The largest absolute Gasteiger partial charge is 0.477 e. The molecule has 0 spiro atoms. The number of ether oxygens (including phenoxy) is 4. The Bertz CT molecular complexity index is 3990. The predicted molar refractivity (Wildman–Crippen MR) is 315 cm³/mol. The second-order valence-electron chi connectivity index (χ2n) is 15.8. The van der Waals surface area contributed by atoms with Gasteiger partial charge in [0.15, 0.2) is 6.29 Å². The van der Waals surface area contributed by atoms with Gasteiger partial charge in [0.2, 0.25) is 0 Å². The minimum absolute atomic E-state index is 0. The summed E-state index contributed by atoms with van der Waals surface area (Å²) in [6.07, 6.45) is 1.99. The molecule has 0 bridgehead atoms. The summed E-state index contributed by atoms with van der Waals surface area (Å²) in [5, 5.41) is 34.2. The normalized spacial score (nSPS) is 9.68. The Morgan fingerprint density at radius 3 is 1.41 bits per heavy atom. The summed E-state index contributed by atoms with van der Waals surface area (Å²) in [5.41, 5.74) is 19.0. The number of hydrogen-bond acceptors (Lipinski definition) is 14. The van der Waals surface area contributed by atoms with Gasteiger partial charge in [0, 0.05) is 98.7 Å². The molecule has 5 aromatic carbocycles. The zero-order chi connectivity index (χ0) is 63.3. The van der Waals surface area contributed by atoms with Crippen LogP contribution in [-0.2, 0) is 82.3 Å². The van der Waals surface area contributed by atoms with E-state index >= 15 is 0 Å². The second kappa shape index (κ2) is 41.2. The van der Waals surface area contributed by atoms with E-state index in [9.17, 15) is 50.7 Å². The van der Waals surface area contributed by atoms with Crippen LogP contribution >= 0.6 is 47.8 Å². The number of rotatable bonds is 13. The first-order chi connectivity index (χ1) is 40.5. The van der Waals surface area contributed by atoms with Crippen molar-refractivity contribution in [2.24, 2.45) is 10.2 Å². The van der Waals surface area contributed by atoms with Crippen molar-refractivity contribution in [1.29, 1.82) is 10.5 Å². The standard InChI is InChI=1S/C12H9FN2O2.C11H9BrFN3O2.C11H9BrFNO2.C10H5FN2O2.C7H4BrFO.C4H7N3O2.CH4.W.Y/c1-2-17-12(16)11-5-9-7(6-14)3-8(13)4-10(9)15-11;1-2-18-11(17)10(15-16-14)5-7-3-4-8(13)6-9(7)12;1-2-16-11(15)10-5-7-8(12)3-6(13)4-9(7)14-10;11-6-1-5(4-12)7-3-9(10(14)15)13-8(7)2-6;8-7-3-6(9)2-1-5(7)4-10;1-2-9-4(8)3-6-7-5;;;/h3-5,15H,2H2,1H3;3-6H,2H2,1H3;3-5,14H,2H2,1H3;1-3,13H,(H,14,15);1-4H;2-3H2,1H3;1H4;;/b;10-5-;;;;;;;. The van der Waals surface area contributed by atoms with Crippen molar-refractivity contribution in [3.63, 3.8) is 0 Å². The van der Waals surface area contributed by atoms with Crippen LogP contribution in [0.5, 0.6) is 0 Å². The van der Waals surface area contributed by atoms with Crippen LogP contribution < -0.4 is 0 Å². The summed E-state index contributed by atoms with van der Waals surface area (Å²) in [7, 11) is 0. The fraction of sp³-hybridized carbons (Fsp3) is 0.179. The van der Waals surface area contributed by atoms with E-state index in [1.165, 1.54) is 72.8 Å². The number of nitrogens with one attached hydrogen (secondary N) is 3. The molecule has 0 atom stereocenters. The summed E-state index contributed by atoms with van der Waals surface area (Å²) >= 11 is 9.42. The van der Waals surface area contributed by atoms with Gasteiger partial charge >= 0.3 is 29.8 Å². The van der Waals surface area contributed by atoms with Gasteiger partial charge in [-0.25, -0.2) is 41.1 Å². The maximum Gasteiger partial charge on any atom is 0.354 e. The maximum absolute atomic E-state index is 13.2. The number of hydrogen-bond donors (Lipinski definition) is 4. The Balaban J connectivity index is 0.00000104. The van der Waals surface area contributed by atoms with Crippen LogP contribution in [0.1, 0.15) is 93.6 Å². The zero-order valence-electron chi connectivity index (χ0n) is 45.5. The number of nitrogens with zero attached hydrogens (tertiary/aromatic N) is 8. The van der Waals surface area contributed by atoms with Gasteiger partial charge in [-0.15, -0.1) is 0 Å². The smallest absolute Gasteiger partial charge is 0.354 e. The molecule has 0 unspecified atom stereocenters. The van der Waals surface area contributed by atoms with Crippen molar-refractivity contribution in [3.8, 4) is 12.1 Å². The van der Waals surface area contributed by atoms with E-state index in [1.807, 2.05) is 12.1 Å². The molecule has 1 radical (unpaired) electrons. The van der Waals surface area contributed by atoms with E-state index in [4.69, 9.17) is 40.9 Å². The molecular formula is C56H47Br3F5N11O11WY. The minimum Gasteiger partial charge on any atom is -0.477 e. The van der Waals surface area contributed by atoms with Gasteiger partial charge in [0.25, 0.3) is 0 Å². The summed E-state index contributed by atoms with van der Waals surface area (Å²) < 4.78 is 84.8. The number of aldehydes is 1. The number of azide groups is 2. The molecule has 3 aromatic heterocycles. The summed E-state index contributed by atoms with van der Waals surface area (Å²) in [6, 6.07) is 23.3. The SMILES string of the molecule is C.CCOC(=O)/C(=C/c1ccc(F)cc1Br)N=[N+]=[N-].CCOC(=O)CN=[N+]=[N-].CCOC(=O)c1cc2c(Br)cc(F)cc2[nH]1.CCOC(=O)c1cc2c(C#N)cc(F)cc2[nH]1.N#Cc1cc(F)cc2[nH]c(C(=O)O)cc12.O=Cc1ccc(F)cc1Br.[W].[Y]. The van der Waals surface area contributed by atoms with Crippen molar-refractivity contribution >= 4 is 123 Å². The number of carboxylic acid groups (broad SMARTS) is 1. The third-order valence-corrected chi connectivity index (χ3v) is 12.1. The van der Waals surface area contributed by atoms with E-state index in [0.29, 0.717) is 77.1 Å². The number of aromatic amines is 3. The van der Waals surface area contributed by atoms with Gasteiger partial charge in [-0.3, -0.25) is 9.59 Å². The van der Waals surface area contributed by atoms with Crippen LogP contribution in [0.3, 0.4) is 0 Å². The Morgan fingerprint density at radius 1 is 0.591 bits per heavy atom. The topological polar surface area (TPSA) is 352 Å². The first-order valence-corrected chi connectivity index (χ1v) is 26.3. The number of esters is 4. The third-order valence-electron chi connectivity index (χ3n) is 10.1. The average Bonchev–Trinajstić information content (AvgIpc) is 4.27. The fourth-order valence-corrected chi connectivity index (χ4v) is 8.00. The Hall–Kier alpha value is -8.04.